The molecule has 2 saturated heterocycles. The smallest absolute Gasteiger partial charge is 0.321 e. The van der Waals surface area contributed by atoms with Crippen LogP contribution in [0.5, 0.6) is 0 Å². The van der Waals surface area contributed by atoms with Gasteiger partial charge < -0.3 is 29.6 Å². The van der Waals surface area contributed by atoms with Gasteiger partial charge in [0.05, 0.1) is 36.2 Å². The molecule has 0 aromatic heterocycles. The Morgan fingerprint density at radius 2 is 1.78 bits per heavy atom. The predicted molar refractivity (Wildman–Crippen MR) is 171 cm³/mol. The zero-order valence-corrected chi connectivity index (χ0v) is 28.1. The first-order chi connectivity index (χ1) is 21.2. The maximum Gasteiger partial charge on any atom is 0.321 e. The van der Waals surface area contributed by atoms with Crippen molar-refractivity contribution in [1.82, 2.24) is 10.6 Å². The highest BCUT2D eigenvalue weighted by atomic mass is 32.2. The van der Waals surface area contributed by atoms with Gasteiger partial charge in [0, 0.05) is 29.0 Å². The molecule has 1 saturated carbocycles. The average molecular weight is 646 g/mol. The topological polar surface area (TPSA) is 148 Å². The Balaban J connectivity index is 1.21. The van der Waals surface area contributed by atoms with Crippen LogP contribution in [0.2, 0.25) is 0 Å². The van der Waals surface area contributed by atoms with E-state index in [-0.39, 0.29) is 60.4 Å². The number of carbonyl (C=O) groups is 4. The highest BCUT2D eigenvalue weighted by Crippen LogP contribution is 2.59. The Morgan fingerprint density at radius 3 is 2.38 bits per heavy atom. The minimum atomic E-state index is -0.563. The number of benzene rings is 1. The van der Waals surface area contributed by atoms with Crippen LogP contribution in [0.25, 0.3) is 0 Å². The molecule has 0 bridgehead atoms. The van der Waals surface area contributed by atoms with Gasteiger partial charge in [0.25, 0.3) is 0 Å². The molecule has 11 nitrogen and oxygen atoms in total. The fourth-order valence-corrected chi connectivity index (χ4v) is 6.64. The number of hydrogen-bond acceptors (Lipinski definition) is 9. The summed E-state index contributed by atoms with van der Waals surface area (Å²) in [7, 11) is 1.64. The maximum absolute atomic E-state index is 12.8. The van der Waals surface area contributed by atoms with Crippen LogP contribution in [0.1, 0.15) is 60.8 Å². The number of anilines is 1. The minimum Gasteiger partial charge on any atom is -0.379 e. The van der Waals surface area contributed by atoms with Crippen LogP contribution in [0, 0.1) is 11.3 Å². The van der Waals surface area contributed by atoms with E-state index in [2.05, 4.69) is 42.8 Å². The van der Waals surface area contributed by atoms with Gasteiger partial charge in [-0.15, -0.1) is 11.8 Å². The van der Waals surface area contributed by atoms with Crippen molar-refractivity contribution in [3.05, 3.63) is 35.9 Å². The summed E-state index contributed by atoms with van der Waals surface area (Å²) in [6.07, 6.45) is 4.19. The second-order valence-electron chi connectivity index (χ2n) is 13.5. The Hall–Kier alpha value is -2.77. The molecular weight excluding hydrogens is 598 g/mol. The largest absolute Gasteiger partial charge is 0.379 e. The van der Waals surface area contributed by atoms with E-state index < -0.39 is 23.0 Å². The van der Waals surface area contributed by atoms with Crippen molar-refractivity contribution in [2.24, 2.45) is 11.3 Å². The lowest BCUT2D eigenvalue weighted by Gasteiger charge is -2.43. The molecule has 0 radical (unpaired) electrons. The summed E-state index contributed by atoms with van der Waals surface area (Å²) in [6, 6.07) is 6.09. The fraction of sp³-hybridized carbons (Fsp3) is 0.636. The summed E-state index contributed by atoms with van der Waals surface area (Å²) < 4.78 is 23.4. The summed E-state index contributed by atoms with van der Waals surface area (Å²) in [5, 5.41) is 8.11. The Labute approximate surface area is 269 Å². The van der Waals surface area contributed by atoms with Crippen molar-refractivity contribution >= 4 is 41.1 Å². The Bertz CT molecular complexity index is 1290. The summed E-state index contributed by atoms with van der Waals surface area (Å²) in [6.45, 7) is 11.9. The zero-order valence-electron chi connectivity index (χ0n) is 27.3. The van der Waals surface area contributed by atoms with Crippen LogP contribution in [0.4, 0.5) is 10.5 Å². The van der Waals surface area contributed by atoms with Crippen molar-refractivity contribution in [2.75, 3.05) is 38.0 Å². The molecule has 0 unspecified atom stereocenters. The third-order valence-corrected chi connectivity index (χ3v) is 9.69. The Morgan fingerprint density at radius 1 is 1.09 bits per heavy atom. The van der Waals surface area contributed by atoms with Crippen molar-refractivity contribution in [1.29, 1.82) is 0 Å². The zero-order chi connectivity index (χ0) is 33.0. The molecule has 2 heterocycles. The van der Waals surface area contributed by atoms with Crippen LogP contribution in [-0.2, 0) is 33.3 Å². The summed E-state index contributed by atoms with van der Waals surface area (Å²) in [4.78, 5) is 50.3. The first-order valence-corrected chi connectivity index (χ1v) is 16.4. The Kier molecular flexibility index (Phi) is 11.2. The van der Waals surface area contributed by atoms with Gasteiger partial charge in [0.15, 0.2) is 5.78 Å². The van der Waals surface area contributed by atoms with Crippen molar-refractivity contribution in [3.8, 4) is 0 Å². The molecule has 1 spiro atoms. The normalized spacial score (nSPS) is 28.6. The van der Waals surface area contributed by atoms with Gasteiger partial charge in [0.1, 0.15) is 18.8 Å². The fourth-order valence-electron chi connectivity index (χ4n) is 5.94. The molecule has 2 aliphatic heterocycles. The number of amides is 4. The van der Waals surface area contributed by atoms with E-state index in [0.29, 0.717) is 18.7 Å². The summed E-state index contributed by atoms with van der Waals surface area (Å²) in [5.41, 5.74) is 0.571. The molecule has 6 atom stereocenters. The van der Waals surface area contributed by atoms with Gasteiger partial charge in [-0.25, -0.2) is 4.79 Å². The molecule has 3 aliphatic rings. The van der Waals surface area contributed by atoms with Gasteiger partial charge in [-0.2, -0.15) is 0 Å². The van der Waals surface area contributed by atoms with Crippen LogP contribution in [-0.4, -0.2) is 85.8 Å². The first-order valence-electron chi connectivity index (χ1n) is 15.4. The van der Waals surface area contributed by atoms with E-state index in [0.717, 1.165) is 17.7 Å². The van der Waals surface area contributed by atoms with E-state index in [1.165, 1.54) is 17.3 Å². The second kappa shape index (κ2) is 14.3. The molecule has 45 heavy (non-hydrogen) atoms. The van der Waals surface area contributed by atoms with E-state index >= 15 is 0 Å². The number of allylic oxidation sites excluding steroid dienone is 1. The number of imide groups is 1. The number of carbonyl (C=O) groups excluding carboxylic acids is 4. The summed E-state index contributed by atoms with van der Waals surface area (Å²) in [5.74, 6) is -0.897. The number of thioether (sulfide) groups is 1. The molecule has 1 aromatic rings. The number of ketones is 1. The quantitative estimate of drug-likeness (QED) is 0.163. The van der Waals surface area contributed by atoms with E-state index in [4.69, 9.17) is 18.9 Å². The molecule has 1 aliphatic carbocycles. The molecular formula is C33H47N3O8S. The van der Waals surface area contributed by atoms with E-state index in [1.807, 2.05) is 0 Å². The molecule has 1 aromatic carbocycles. The highest BCUT2D eigenvalue weighted by molar-refractivity contribution is 8.00. The molecule has 3 N–H and O–H groups in total. The number of nitrogens with one attached hydrogen (secondary N) is 3. The van der Waals surface area contributed by atoms with Crippen LogP contribution < -0.4 is 16.0 Å². The second-order valence-corrected chi connectivity index (χ2v) is 14.6. The van der Waals surface area contributed by atoms with Crippen LogP contribution >= 0.6 is 11.8 Å². The van der Waals surface area contributed by atoms with E-state index in [9.17, 15) is 19.2 Å². The van der Waals surface area contributed by atoms with Gasteiger partial charge in [0.2, 0.25) is 11.8 Å². The van der Waals surface area contributed by atoms with Crippen LogP contribution in [0.15, 0.2) is 40.8 Å². The van der Waals surface area contributed by atoms with Gasteiger partial charge in [-0.1, -0.05) is 32.4 Å². The lowest BCUT2D eigenvalue weighted by atomic mass is 9.67. The van der Waals surface area contributed by atoms with Crippen molar-refractivity contribution in [3.63, 3.8) is 0 Å². The minimum absolute atomic E-state index is 0.0324. The molecule has 248 valence electrons. The number of rotatable bonds is 13. The number of hydrogen-bond donors (Lipinski definition) is 3. The number of epoxide rings is 2. The van der Waals surface area contributed by atoms with Crippen LogP contribution in [0.3, 0.4) is 0 Å². The lowest BCUT2D eigenvalue weighted by molar-refractivity contribution is -0.133. The van der Waals surface area contributed by atoms with Crippen molar-refractivity contribution < 1.29 is 38.1 Å². The SMILES string of the molecule is CO[C@@H]1[C@H](NC(=O)NC(=O)CSc2ccc(NC(=O)COCC(=O)C(C)(C)C)cc2)CC[C@]2(CO2)[C@H]1[C@@]1(C)O[C@@H]1CC=C(C)C. The summed E-state index contributed by atoms with van der Waals surface area (Å²) >= 11 is 1.27. The lowest BCUT2D eigenvalue weighted by Crippen LogP contribution is -2.60. The molecule has 4 rings (SSSR count). The average Bonchev–Trinajstić information content (AvgIpc) is 3.88. The number of urea groups is 1. The van der Waals surface area contributed by atoms with Gasteiger partial charge in [-0.05, 0) is 64.3 Å². The first kappa shape index (κ1) is 35.1. The number of ether oxygens (including phenoxy) is 4. The number of Topliss-reactive ketones (excluding diaryl/α,β-unsaturated/α-hetero) is 1. The van der Waals surface area contributed by atoms with Gasteiger partial charge >= 0.3 is 6.03 Å². The standard InChI is InChI=1S/C33H47N3O8S/c1-20(2)8-13-25-32(6,44-25)29-28(41-7)23(14-15-33(29)19-43-33)35-30(40)36-27(39)18-45-22-11-9-21(10-12-22)34-26(38)17-42-16-24(37)31(3,4)5/h8-12,23,25,28-29H,13-19H2,1-7H3,(H,34,38)(H2,35,36,39,40)/t23-,25-,28-,29-,32+,33+/m1/s1. The maximum atomic E-state index is 12.8. The molecule has 4 amide bonds. The van der Waals surface area contributed by atoms with Gasteiger partial charge in [-0.3, -0.25) is 19.7 Å². The number of methoxy groups -OCH3 is 1. The van der Waals surface area contributed by atoms with E-state index in [1.54, 1.807) is 52.1 Å². The monoisotopic (exact) mass is 645 g/mol. The predicted octanol–water partition coefficient (Wildman–Crippen LogP) is 4.25. The third kappa shape index (κ3) is 9.16. The van der Waals surface area contributed by atoms with Crippen molar-refractivity contribution in [2.45, 2.75) is 95.2 Å². The molecule has 3 fully saturated rings. The third-order valence-electron chi connectivity index (χ3n) is 8.67. The molecule has 12 heteroatoms. The highest BCUT2D eigenvalue weighted by Gasteiger charge is 2.71.